The number of nitrogens with one attached hydrogen (secondary N) is 2. The largest absolute Gasteiger partial charge is 0.573 e. The molecule has 1 aliphatic carbocycles. The Kier molecular flexibility index (Phi) is 6.09. The first-order valence-electron chi connectivity index (χ1n) is 9.48. The van der Waals surface area contributed by atoms with Crippen molar-refractivity contribution in [3.8, 4) is 5.75 Å². The third kappa shape index (κ3) is 5.25. The van der Waals surface area contributed by atoms with Gasteiger partial charge in [0.05, 0.1) is 5.56 Å². The Balaban J connectivity index is 1.51. The van der Waals surface area contributed by atoms with Crippen molar-refractivity contribution < 1.29 is 41.8 Å². The van der Waals surface area contributed by atoms with Gasteiger partial charge in [-0.2, -0.15) is 5.01 Å². The lowest BCUT2D eigenvalue weighted by Crippen LogP contribution is -2.52. The zero-order chi connectivity index (χ0) is 22.8. The van der Waals surface area contributed by atoms with Gasteiger partial charge >= 0.3 is 18.4 Å². The molecular formula is C19H20F3N3O6. The highest BCUT2D eigenvalue weighted by Gasteiger charge is 2.52. The van der Waals surface area contributed by atoms with Gasteiger partial charge < -0.3 is 14.8 Å². The molecule has 1 spiro atoms. The maximum Gasteiger partial charge on any atom is 0.573 e. The third-order valence-corrected chi connectivity index (χ3v) is 5.18. The van der Waals surface area contributed by atoms with Crippen LogP contribution in [0.15, 0.2) is 24.3 Å². The highest BCUT2D eigenvalue weighted by molar-refractivity contribution is 6.08. The van der Waals surface area contributed by atoms with Crippen LogP contribution in [0.1, 0.15) is 43.0 Å². The fraction of sp³-hybridized carbons (Fsp3) is 0.474. The number of alkyl halides is 3. The third-order valence-electron chi connectivity index (χ3n) is 5.18. The molecule has 31 heavy (non-hydrogen) atoms. The first-order chi connectivity index (χ1) is 14.5. The second-order valence-electron chi connectivity index (χ2n) is 7.52. The van der Waals surface area contributed by atoms with Gasteiger partial charge in [0.1, 0.15) is 11.3 Å². The smallest absolute Gasteiger partial charge is 0.452 e. The van der Waals surface area contributed by atoms with Gasteiger partial charge in [0, 0.05) is 0 Å². The summed E-state index contributed by atoms with van der Waals surface area (Å²) >= 11 is 0. The molecule has 4 amide bonds. The van der Waals surface area contributed by atoms with Gasteiger partial charge in [0.25, 0.3) is 11.8 Å². The van der Waals surface area contributed by atoms with Crippen LogP contribution in [0.25, 0.3) is 0 Å². The molecule has 1 aliphatic heterocycles. The normalized spacial score (nSPS) is 23.5. The summed E-state index contributed by atoms with van der Waals surface area (Å²) in [6.07, 6.45) is -2.41. The highest BCUT2D eigenvalue weighted by Crippen LogP contribution is 2.35. The van der Waals surface area contributed by atoms with Crippen LogP contribution in [0.4, 0.5) is 18.0 Å². The summed E-state index contributed by atoms with van der Waals surface area (Å²) < 4.78 is 44.9. The Bertz CT molecular complexity index is 879. The van der Waals surface area contributed by atoms with Crippen LogP contribution >= 0.6 is 0 Å². The molecule has 1 aromatic carbocycles. The van der Waals surface area contributed by atoms with E-state index in [4.69, 9.17) is 4.74 Å². The van der Waals surface area contributed by atoms with E-state index < -0.39 is 48.1 Å². The molecule has 2 aliphatic rings. The van der Waals surface area contributed by atoms with Gasteiger partial charge in [-0.15, -0.1) is 13.2 Å². The molecule has 3 rings (SSSR count). The van der Waals surface area contributed by atoms with Gasteiger partial charge in [0.2, 0.25) is 0 Å². The van der Waals surface area contributed by atoms with Crippen molar-refractivity contribution in [3.63, 3.8) is 0 Å². The number of carbonyl (C=O) groups is 4. The van der Waals surface area contributed by atoms with Crippen LogP contribution in [0.5, 0.6) is 5.75 Å². The highest BCUT2D eigenvalue weighted by atomic mass is 19.4. The van der Waals surface area contributed by atoms with Crippen LogP contribution in [-0.4, -0.2) is 47.3 Å². The molecule has 12 heteroatoms. The second-order valence-corrected chi connectivity index (χ2v) is 7.52. The predicted molar refractivity (Wildman–Crippen MR) is 97.3 cm³/mol. The van der Waals surface area contributed by atoms with Crippen molar-refractivity contribution in [2.75, 3.05) is 6.61 Å². The van der Waals surface area contributed by atoms with Crippen LogP contribution in [0, 0.1) is 5.92 Å². The maximum absolute atomic E-state index is 12.7. The van der Waals surface area contributed by atoms with Gasteiger partial charge in [-0.1, -0.05) is 6.92 Å². The molecular weight excluding hydrogens is 423 g/mol. The molecule has 1 aromatic rings. The molecule has 0 atom stereocenters. The van der Waals surface area contributed by atoms with Crippen molar-refractivity contribution in [1.29, 1.82) is 0 Å². The van der Waals surface area contributed by atoms with Crippen molar-refractivity contribution in [2.24, 2.45) is 5.92 Å². The number of esters is 1. The summed E-state index contributed by atoms with van der Waals surface area (Å²) in [5.41, 5.74) is 0.962. The number of hydrazine groups is 1. The van der Waals surface area contributed by atoms with E-state index in [2.05, 4.69) is 22.4 Å². The predicted octanol–water partition coefficient (Wildman–Crippen LogP) is 2.27. The first-order valence-corrected chi connectivity index (χ1v) is 9.48. The molecule has 9 nitrogen and oxygen atoms in total. The molecule has 0 radical (unpaired) electrons. The maximum atomic E-state index is 12.7. The quantitative estimate of drug-likeness (QED) is 0.533. The number of urea groups is 1. The zero-order valence-corrected chi connectivity index (χ0v) is 16.5. The number of ether oxygens (including phenoxy) is 2. The summed E-state index contributed by atoms with van der Waals surface area (Å²) in [6.45, 7) is 1.25. The Hall–Kier alpha value is -3.31. The van der Waals surface area contributed by atoms with Crippen molar-refractivity contribution in [2.45, 2.75) is 44.5 Å². The van der Waals surface area contributed by atoms with E-state index in [-0.39, 0.29) is 5.56 Å². The molecule has 1 saturated heterocycles. The summed E-state index contributed by atoms with van der Waals surface area (Å²) in [7, 11) is 0. The Labute approximate surface area is 174 Å². The van der Waals surface area contributed by atoms with Crippen molar-refractivity contribution in [1.82, 2.24) is 15.8 Å². The minimum Gasteiger partial charge on any atom is -0.452 e. The summed E-state index contributed by atoms with van der Waals surface area (Å²) in [6, 6.07) is 3.14. The molecule has 1 heterocycles. The topological polar surface area (TPSA) is 114 Å². The Morgan fingerprint density at radius 2 is 1.81 bits per heavy atom. The summed E-state index contributed by atoms with van der Waals surface area (Å²) in [4.78, 5) is 48.8. The SMILES string of the molecule is CC1CCC2(CC1)NC(=O)N(NC(=O)COC(=O)c1ccc(OC(F)(F)F)cc1)C2=O. The van der Waals surface area contributed by atoms with Gasteiger partial charge in [-0.25, -0.2) is 9.59 Å². The number of hydrogen-bond donors (Lipinski definition) is 2. The fourth-order valence-electron chi connectivity index (χ4n) is 3.48. The molecule has 2 fully saturated rings. The van der Waals surface area contributed by atoms with E-state index >= 15 is 0 Å². The Morgan fingerprint density at radius 3 is 2.39 bits per heavy atom. The van der Waals surface area contributed by atoms with E-state index in [1.54, 1.807) is 0 Å². The van der Waals surface area contributed by atoms with Crippen LogP contribution < -0.4 is 15.5 Å². The summed E-state index contributed by atoms with van der Waals surface area (Å²) in [5.74, 6) is -2.55. The molecule has 0 aromatic heterocycles. The number of benzene rings is 1. The van der Waals surface area contributed by atoms with Crippen LogP contribution in [0.2, 0.25) is 0 Å². The second kappa shape index (κ2) is 8.44. The minimum atomic E-state index is -4.87. The Morgan fingerprint density at radius 1 is 1.19 bits per heavy atom. The van der Waals surface area contributed by atoms with Crippen LogP contribution in [0.3, 0.4) is 0 Å². The molecule has 168 valence electrons. The number of halogens is 3. The van der Waals surface area contributed by atoms with Gasteiger partial charge in [-0.05, 0) is 55.9 Å². The number of hydrogen-bond acceptors (Lipinski definition) is 6. The van der Waals surface area contributed by atoms with Gasteiger partial charge in [-0.3, -0.25) is 15.0 Å². The molecule has 2 N–H and O–H groups in total. The average molecular weight is 443 g/mol. The van der Waals surface area contributed by atoms with Crippen LogP contribution in [-0.2, 0) is 14.3 Å². The molecule has 0 bridgehead atoms. The molecule has 0 unspecified atom stereocenters. The first kappa shape index (κ1) is 22.4. The number of rotatable bonds is 5. The van der Waals surface area contributed by atoms with Crippen molar-refractivity contribution >= 4 is 23.8 Å². The fourth-order valence-corrected chi connectivity index (χ4v) is 3.48. The average Bonchev–Trinajstić information content (AvgIpc) is 2.92. The van der Waals surface area contributed by atoms with E-state index in [0.717, 1.165) is 37.1 Å². The molecule has 1 saturated carbocycles. The number of imide groups is 1. The van der Waals surface area contributed by atoms with E-state index in [1.807, 2.05) is 0 Å². The van der Waals surface area contributed by atoms with E-state index in [0.29, 0.717) is 23.8 Å². The lowest BCUT2D eigenvalue weighted by molar-refractivity contribution is -0.274. The lowest BCUT2D eigenvalue weighted by atomic mass is 9.77. The number of carbonyl (C=O) groups excluding carboxylic acids is 4. The number of amides is 4. The standard InChI is InChI=1S/C19H20F3N3O6/c1-11-6-8-18(9-7-11)16(28)25(17(29)23-18)24-14(26)10-30-15(27)12-2-4-13(5-3-12)31-19(20,21)22/h2-5,11H,6-10H2,1H3,(H,23,29)(H,24,26). The number of nitrogens with zero attached hydrogens (tertiary/aromatic N) is 1. The van der Waals surface area contributed by atoms with Gasteiger partial charge in [0.15, 0.2) is 6.61 Å². The zero-order valence-electron chi connectivity index (χ0n) is 16.5. The minimum absolute atomic E-state index is 0.118. The monoisotopic (exact) mass is 443 g/mol. The van der Waals surface area contributed by atoms with Crippen molar-refractivity contribution in [3.05, 3.63) is 29.8 Å². The lowest BCUT2D eigenvalue weighted by Gasteiger charge is -2.33. The summed E-state index contributed by atoms with van der Waals surface area (Å²) in [5, 5.41) is 3.21. The van der Waals surface area contributed by atoms with E-state index in [1.165, 1.54) is 0 Å². The van der Waals surface area contributed by atoms with E-state index in [9.17, 15) is 32.3 Å².